The fourth-order valence-electron chi connectivity index (χ4n) is 0.900. The van der Waals surface area contributed by atoms with E-state index in [1.54, 1.807) is 0 Å². The van der Waals surface area contributed by atoms with Crippen LogP contribution in [0.3, 0.4) is 0 Å². The van der Waals surface area contributed by atoms with Gasteiger partial charge in [0.2, 0.25) is 17.7 Å². The highest BCUT2D eigenvalue weighted by atomic mass is 16.2. The molecule has 0 saturated carbocycles. The second kappa shape index (κ2) is 5.90. The molecule has 0 atom stereocenters. The van der Waals surface area contributed by atoms with Crippen LogP contribution in [0, 0.1) is 0 Å². The highest BCUT2D eigenvalue weighted by molar-refractivity contribution is 5.93. The summed E-state index contributed by atoms with van der Waals surface area (Å²) in [6.45, 7) is 6.30. The van der Waals surface area contributed by atoms with Crippen molar-refractivity contribution in [1.29, 1.82) is 0 Å². The molecule has 5 heteroatoms. The Bertz CT molecular complexity index is 247. The highest BCUT2D eigenvalue weighted by Crippen LogP contribution is 1.89. The van der Waals surface area contributed by atoms with Gasteiger partial charge in [0.15, 0.2) is 0 Å². The van der Waals surface area contributed by atoms with Crippen molar-refractivity contribution in [3.63, 3.8) is 0 Å². The summed E-state index contributed by atoms with van der Waals surface area (Å²) >= 11 is 0. The zero-order valence-electron chi connectivity index (χ0n) is 8.37. The van der Waals surface area contributed by atoms with Crippen molar-refractivity contribution in [2.45, 2.75) is 13.8 Å². The molecule has 0 bridgehead atoms. The summed E-state index contributed by atoms with van der Waals surface area (Å²) in [5.41, 5.74) is 0. The third-order valence-corrected chi connectivity index (χ3v) is 1.58. The predicted molar refractivity (Wildman–Crippen MR) is 51.3 cm³/mol. The topological polar surface area (TPSA) is 66.5 Å². The number of imide groups is 1. The van der Waals surface area contributed by atoms with Crippen molar-refractivity contribution in [3.8, 4) is 0 Å². The average molecular weight is 198 g/mol. The number of nitrogens with one attached hydrogen (secondary N) is 1. The second-order valence-corrected chi connectivity index (χ2v) is 2.68. The maximum absolute atomic E-state index is 10.9. The molecular formula is C9H14N2O3. The molecule has 0 aromatic rings. The molecule has 3 amide bonds. The monoisotopic (exact) mass is 198 g/mol. The minimum atomic E-state index is -0.328. The van der Waals surface area contributed by atoms with Crippen LogP contribution in [0.2, 0.25) is 0 Å². The van der Waals surface area contributed by atoms with Crippen LogP contribution >= 0.6 is 0 Å². The van der Waals surface area contributed by atoms with E-state index < -0.39 is 0 Å². The molecule has 0 aliphatic rings. The van der Waals surface area contributed by atoms with Crippen LogP contribution in [0.15, 0.2) is 12.7 Å². The quantitative estimate of drug-likeness (QED) is 0.630. The number of nitrogens with zero attached hydrogens (tertiary/aromatic N) is 1. The first-order chi connectivity index (χ1) is 6.49. The van der Waals surface area contributed by atoms with Gasteiger partial charge in [-0.3, -0.25) is 19.3 Å². The van der Waals surface area contributed by atoms with E-state index in [9.17, 15) is 14.4 Å². The van der Waals surface area contributed by atoms with Crippen molar-refractivity contribution < 1.29 is 14.4 Å². The van der Waals surface area contributed by atoms with E-state index in [1.807, 2.05) is 0 Å². The summed E-state index contributed by atoms with van der Waals surface area (Å²) in [5.74, 6) is -0.979. The van der Waals surface area contributed by atoms with Gasteiger partial charge in [-0.25, -0.2) is 0 Å². The molecule has 0 saturated heterocycles. The smallest absolute Gasteiger partial charge is 0.243 e. The number of hydrogen-bond acceptors (Lipinski definition) is 3. The summed E-state index contributed by atoms with van der Waals surface area (Å²) in [4.78, 5) is 33.6. The van der Waals surface area contributed by atoms with Gasteiger partial charge in [0.1, 0.15) is 0 Å². The summed E-state index contributed by atoms with van der Waals surface area (Å²) in [6.07, 6.45) is 1.13. The lowest BCUT2D eigenvalue weighted by Crippen LogP contribution is -2.39. The van der Waals surface area contributed by atoms with Crippen molar-refractivity contribution in [2.24, 2.45) is 0 Å². The van der Waals surface area contributed by atoms with Gasteiger partial charge >= 0.3 is 0 Å². The highest BCUT2D eigenvalue weighted by Gasteiger charge is 2.12. The molecule has 0 radical (unpaired) electrons. The molecule has 0 aliphatic heterocycles. The average Bonchev–Trinajstić information content (AvgIpc) is 2.10. The van der Waals surface area contributed by atoms with Gasteiger partial charge < -0.3 is 5.32 Å². The molecule has 0 heterocycles. The van der Waals surface area contributed by atoms with Crippen molar-refractivity contribution in [1.82, 2.24) is 10.2 Å². The van der Waals surface area contributed by atoms with Gasteiger partial charge in [0.05, 0.1) is 0 Å². The summed E-state index contributed by atoms with van der Waals surface area (Å²) in [7, 11) is 0. The Morgan fingerprint density at radius 3 is 2.14 bits per heavy atom. The Balaban J connectivity index is 3.96. The number of carbonyl (C=O) groups is 3. The van der Waals surface area contributed by atoms with E-state index >= 15 is 0 Å². The molecule has 0 aromatic carbocycles. The first kappa shape index (κ1) is 12.3. The number of hydrogen-bond donors (Lipinski definition) is 1. The molecule has 0 spiro atoms. The van der Waals surface area contributed by atoms with Crippen molar-refractivity contribution in [2.75, 3.05) is 13.1 Å². The molecule has 0 rings (SSSR count). The van der Waals surface area contributed by atoms with Crippen LogP contribution in [0.5, 0.6) is 0 Å². The lowest BCUT2D eigenvalue weighted by Gasteiger charge is -2.16. The Morgan fingerprint density at radius 1 is 1.29 bits per heavy atom. The lowest BCUT2D eigenvalue weighted by atomic mass is 10.4. The molecule has 1 N–H and O–H groups in total. The molecule has 14 heavy (non-hydrogen) atoms. The SMILES string of the molecule is C=CC(=O)NCCN(C(C)=O)C(C)=O. The van der Waals surface area contributed by atoms with Gasteiger partial charge in [0, 0.05) is 26.9 Å². The predicted octanol–water partition coefficient (Wildman–Crippen LogP) is -0.316. The maximum atomic E-state index is 10.9. The Morgan fingerprint density at radius 2 is 1.79 bits per heavy atom. The lowest BCUT2D eigenvalue weighted by molar-refractivity contribution is -0.142. The molecule has 78 valence electrons. The van der Waals surface area contributed by atoms with Gasteiger partial charge in [-0.05, 0) is 6.08 Å². The Hall–Kier alpha value is -1.65. The van der Waals surface area contributed by atoms with Gasteiger partial charge in [-0.15, -0.1) is 0 Å². The van der Waals surface area contributed by atoms with Crippen molar-refractivity contribution in [3.05, 3.63) is 12.7 Å². The minimum absolute atomic E-state index is 0.185. The van der Waals surface area contributed by atoms with Crippen LogP contribution in [-0.2, 0) is 14.4 Å². The van der Waals surface area contributed by atoms with E-state index in [1.165, 1.54) is 13.8 Å². The molecule has 5 nitrogen and oxygen atoms in total. The standard InChI is InChI=1S/C9H14N2O3/c1-4-9(14)10-5-6-11(7(2)12)8(3)13/h4H,1,5-6H2,2-3H3,(H,10,14). The first-order valence-corrected chi connectivity index (χ1v) is 4.18. The van der Waals surface area contributed by atoms with E-state index in [4.69, 9.17) is 0 Å². The van der Waals surface area contributed by atoms with Gasteiger partial charge in [-0.2, -0.15) is 0 Å². The summed E-state index contributed by atoms with van der Waals surface area (Å²) in [6, 6.07) is 0. The molecule has 0 unspecified atom stereocenters. The van der Waals surface area contributed by atoms with E-state index in [-0.39, 0.29) is 30.8 Å². The summed E-state index contributed by atoms with van der Waals surface area (Å²) in [5, 5.41) is 2.47. The first-order valence-electron chi connectivity index (χ1n) is 4.18. The van der Waals surface area contributed by atoms with Crippen LogP contribution < -0.4 is 5.32 Å². The fraction of sp³-hybridized carbons (Fsp3) is 0.444. The van der Waals surface area contributed by atoms with E-state index in [2.05, 4.69) is 11.9 Å². The van der Waals surface area contributed by atoms with E-state index in [0.29, 0.717) is 0 Å². The largest absolute Gasteiger partial charge is 0.351 e. The third-order valence-electron chi connectivity index (χ3n) is 1.58. The number of amides is 3. The fourth-order valence-corrected chi connectivity index (χ4v) is 0.900. The Kier molecular flexibility index (Phi) is 5.21. The van der Waals surface area contributed by atoms with Crippen LogP contribution in [0.1, 0.15) is 13.8 Å². The van der Waals surface area contributed by atoms with Crippen LogP contribution in [0.25, 0.3) is 0 Å². The zero-order valence-corrected chi connectivity index (χ0v) is 8.37. The van der Waals surface area contributed by atoms with Crippen LogP contribution in [0.4, 0.5) is 0 Å². The zero-order chi connectivity index (χ0) is 11.1. The summed E-state index contributed by atoms with van der Waals surface area (Å²) < 4.78 is 0. The number of carbonyl (C=O) groups excluding carboxylic acids is 3. The van der Waals surface area contributed by atoms with Crippen LogP contribution in [-0.4, -0.2) is 35.7 Å². The maximum Gasteiger partial charge on any atom is 0.243 e. The second-order valence-electron chi connectivity index (χ2n) is 2.68. The molecular weight excluding hydrogens is 184 g/mol. The minimum Gasteiger partial charge on any atom is -0.351 e. The molecule has 0 aliphatic carbocycles. The Labute approximate surface area is 82.8 Å². The van der Waals surface area contributed by atoms with Crippen molar-refractivity contribution >= 4 is 17.7 Å². The number of rotatable bonds is 4. The van der Waals surface area contributed by atoms with Gasteiger partial charge in [0.25, 0.3) is 0 Å². The van der Waals surface area contributed by atoms with E-state index in [0.717, 1.165) is 11.0 Å². The normalized spacial score (nSPS) is 9.00. The molecule has 0 aromatic heterocycles. The third kappa shape index (κ3) is 4.39. The molecule has 0 fully saturated rings. The van der Waals surface area contributed by atoms with Gasteiger partial charge in [-0.1, -0.05) is 6.58 Å².